The molecule has 150 valence electrons. The molecular formula is C22H20BrClN2O3. The van der Waals surface area contributed by atoms with Crippen molar-refractivity contribution in [2.24, 2.45) is 11.8 Å². The summed E-state index contributed by atoms with van der Waals surface area (Å²) in [6.07, 6.45) is 3.24. The first kappa shape index (κ1) is 20.1. The zero-order valence-electron chi connectivity index (χ0n) is 15.7. The highest BCUT2D eigenvalue weighted by Gasteiger charge is 2.51. The van der Waals surface area contributed by atoms with Crippen LogP contribution in [0.4, 0.5) is 0 Å². The van der Waals surface area contributed by atoms with Crippen molar-refractivity contribution in [3.05, 3.63) is 69.2 Å². The Morgan fingerprint density at radius 2 is 1.59 bits per heavy atom. The van der Waals surface area contributed by atoms with E-state index >= 15 is 0 Å². The summed E-state index contributed by atoms with van der Waals surface area (Å²) in [6.45, 7) is 0.105. The summed E-state index contributed by atoms with van der Waals surface area (Å²) >= 11 is 9.64. The number of benzene rings is 2. The first-order valence-electron chi connectivity index (χ1n) is 9.66. The molecule has 0 aromatic heterocycles. The van der Waals surface area contributed by atoms with Crippen LogP contribution in [0.3, 0.4) is 0 Å². The minimum Gasteiger partial charge on any atom is -0.272 e. The van der Waals surface area contributed by atoms with Crippen molar-refractivity contribution in [3.63, 3.8) is 0 Å². The number of hydrazine groups is 1. The minimum atomic E-state index is -0.459. The van der Waals surface area contributed by atoms with E-state index in [4.69, 9.17) is 11.6 Å². The molecule has 0 N–H and O–H groups in total. The molecule has 4 rings (SSSR count). The molecule has 0 radical (unpaired) electrons. The molecule has 2 unspecified atom stereocenters. The van der Waals surface area contributed by atoms with Gasteiger partial charge in [-0.1, -0.05) is 64.6 Å². The van der Waals surface area contributed by atoms with Crippen LogP contribution < -0.4 is 0 Å². The number of carbonyl (C=O) groups excluding carboxylic acids is 3. The van der Waals surface area contributed by atoms with Crippen LogP contribution in [-0.4, -0.2) is 27.7 Å². The van der Waals surface area contributed by atoms with Crippen molar-refractivity contribution in [1.82, 2.24) is 10.0 Å². The molecular weight excluding hydrogens is 456 g/mol. The van der Waals surface area contributed by atoms with Crippen LogP contribution in [-0.2, 0) is 16.1 Å². The van der Waals surface area contributed by atoms with E-state index in [0.717, 1.165) is 27.9 Å². The maximum Gasteiger partial charge on any atom is 0.274 e. The summed E-state index contributed by atoms with van der Waals surface area (Å²) in [5.74, 6) is -1.68. The second-order valence-corrected chi connectivity index (χ2v) is 8.78. The Hall–Kier alpha value is -2.18. The van der Waals surface area contributed by atoms with E-state index in [0.29, 0.717) is 12.8 Å². The molecule has 1 saturated heterocycles. The molecule has 2 aromatic carbocycles. The van der Waals surface area contributed by atoms with E-state index < -0.39 is 5.91 Å². The second-order valence-electron chi connectivity index (χ2n) is 7.45. The second kappa shape index (κ2) is 8.28. The Morgan fingerprint density at radius 1 is 1.00 bits per heavy atom. The maximum absolute atomic E-state index is 13.4. The Bertz CT molecular complexity index is 939. The van der Waals surface area contributed by atoms with E-state index in [-0.39, 0.29) is 40.8 Å². The molecule has 1 saturated carbocycles. The van der Waals surface area contributed by atoms with E-state index in [2.05, 4.69) is 15.9 Å². The molecule has 1 aliphatic heterocycles. The quantitative estimate of drug-likeness (QED) is 0.595. The van der Waals surface area contributed by atoms with Crippen molar-refractivity contribution >= 4 is 45.3 Å². The van der Waals surface area contributed by atoms with Gasteiger partial charge in [-0.2, -0.15) is 5.01 Å². The summed E-state index contributed by atoms with van der Waals surface area (Å²) < 4.78 is 0.907. The summed E-state index contributed by atoms with van der Waals surface area (Å²) in [4.78, 5) is 39.7. The van der Waals surface area contributed by atoms with E-state index in [1.165, 1.54) is 5.01 Å². The van der Waals surface area contributed by atoms with Gasteiger partial charge in [0.05, 0.1) is 29.0 Å². The first-order valence-corrected chi connectivity index (χ1v) is 10.8. The molecule has 0 bridgehead atoms. The molecule has 2 atom stereocenters. The molecule has 1 aliphatic carbocycles. The topological polar surface area (TPSA) is 57.7 Å². The number of amides is 3. The van der Waals surface area contributed by atoms with Gasteiger partial charge in [-0.05, 0) is 42.7 Å². The standard InChI is InChI=1S/C22H20BrClN2O3/c23-15-11-9-14(10-12-15)13-25(20(27)18-7-3-4-8-19(18)24)26-21(28)16-5-1-2-6-17(16)22(26)29/h3-4,7-12,16-17H,1-2,5-6,13H2. The van der Waals surface area contributed by atoms with Gasteiger partial charge in [0.1, 0.15) is 0 Å². The summed E-state index contributed by atoms with van der Waals surface area (Å²) in [5.41, 5.74) is 1.07. The Kier molecular flexibility index (Phi) is 5.74. The number of hydrogen-bond donors (Lipinski definition) is 0. The van der Waals surface area contributed by atoms with Crippen molar-refractivity contribution < 1.29 is 14.4 Å². The lowest BCUT2D eigenvalue weighted by molar-refractivity contribution is -0.155. The van der Waals surface area contributed by atoms with Crippen molar-refractivity contribution in [3.8, 4) is 0 Å². The van der Waals surface area contributed by atoms with Gasteiger partial charge in [0.15, 0.2) is 0 Å². The predicted octanol–water partition coefficient (Wildman–Crippen LogP) is 4.84. The molecule has 1 heterocycles. The van der Waals surface area contributed by atoms with E-state index in [1.807, 2.05) is 24.3 Å². The highest BCUT2D eigenvalue weighted by atomic mass is 79.9. The van der Waals surface area contributed by atoms with Crippen LogP contribution in [0.1, 0.15) is 41.6 Å². The average molecular weight is 476 g/mol. The first-order chi connectivity index (χ1) is 14.0. The van der Waals surface area contributed by atoms with Gasteiger partial charge in [-0.15, -0.1) is 0 Å². The van der Waals surface area contributed by atoms with E-state index in [1.54, 1.807) is 24.3 Å². The molecule has 2 fully saturated rings. The van der Waals surface area contributed by atoms with Crippen LogP contribution in [0.25, 0.3) is 0 Å². The van der Waals surface area contributed by atoms with Gasteiger partial charge >= 0.3 is 0 Å². The zero-order valence-corrected chi connectivity index (χ0v) is 18.0. The number of hydrogen-bond acceptors (Lipinski definition) is 3. The van der Waals surface area contributed by atoms with Gasteiger partial charge in [-0.25, -0.2) is 5.01 Å². The molecule has 2 aliphatic rings. The highest BCUT2D eigenvalue weighted by Crippen LogP contribution is 2.39. The Labute approximate surface area is 182 Å². The van der Waals surface area contributed by atoms with Crippen molar-refractivity contribution in [2.45, 2.75) is 32.2 Å². The van der Waals surface area contributed by atoms with E-state index in [9.17, 15) is 14.4 Å². The lowest BCUT2D eigenvalue weighted by atomic mass is 9.81. The third-order valence-corrected chi connectivity index (χ3v) is 6.50. The fourth-order valence-electron chi connectivity index (χ4n) is 4.15. The van der Waals surface area contributed by atoms with Crippen LogP contribution >= 0.6 is 27.5 Å². The number of carbonyl (C=O) groups is 3. The highest BCUT2D eigenvalue weighted by molar-refractivity contribution is 9.10. The normalized spacial score (nSPS) is 21.2. The average Bonchev–Trinajstić information content (AvgIpc) is 2.98. The lowest BCUT2D eigenvalue weighted by Crippen LogP contribution is -2.49. The summed E-state index contributed by atoms with van der Waals surface area (Å²) in [7, 11) is 0. The molecule has 2 aromatic rings. The summed E-state index contributed by atoms with van der Waals surface area (Å²) in [5, 5.41) is 2.62. The smallest absolute Gasteiger partial charge is 0.272 e. The number of nitrogens with zero attached hydrogens (tertiary/aromatic N) is 2. The molecule has 29 heavy (non-hydrogen) atoms. The summed E-state index contributed by atoms with van der Waals surface area (Å²) in [6, 6.07) is 14.1. The molecule has 3 amide bonds. The van der Waals surface area contributed by atoms with Gasteiger partial charge in [0.2, 0.25) is 0 Å². The third kappa shape index (κ3) is 3.83. The van der Waals surface area contributed by atoms with Gasteiger partial charge in [-0.3, -0.25) is 14.4 Å². The lowest BCUT2D eigenvalue weighted by Gasteiger charge is -2.31. The van der Waals surface area contributed by atoms with Crippen LogP contribution in [0.2, 0.25) is 5.02 Å². The molecule has 0 spiro atoms. The van der Waals surface area contributed by atoms with Gasteiger partial charge < -0.3 is 0 Å². The number of fused-ring (bicyclic) bond motifs is 1. The fourth-order valence-corrected chi connectivity index (χ4v) is 4.63. The number of imide groups is 1. The van der Waals surface area contributed by atoms with Crippen LogP contribution in [0.15, 0.2) is 53.0 Å². The van der Waals surface area contributed by atoms with Crippen molar-refractivity contribution in [1.29, 1.82) is 0 Å². The van der Waals surface area contributed by atoms with Gasteiger partial charge in [0, 0.05) is 4.47 Å². The molecule has 7 heteroatoms. The molecule has 5 nitrogen and oxygen atoms in total. The largest absolute Gasteiger partial charge is 0.274 e. The third-order valence-electron chi connectivity index (χ3n) is 5.64. The maximum atomic E-state index is 13.4. The Morgan fingerprint density at radius 3 is 2.17 bits per heavy atom. The predicted molar refractivity (Wildman–Crippen MR) is 113 cm³/mol. The van der Waals surface area contributed by atoms with Crippen molar-refractivity contribution in [2.75, 3.05) is 0 Å². The monoisotopic (exact) mass is 474 g/mol. The SMILES string of the molecule is O=C(c1ccccc1Cl)N(Cc1ccc(Br)cc1)N1C(=O)C2CCCCC2C1=O. The van der Waals surface area contributed by atoms with Gasteiger partial charge in [0.25, 0.3) is 17.7 Å². The zero-order chi connectivity index (χ0) is 20.5. The number of rotatable bonds is 4. The van der Waals surface area contributed by atoms with Crippen LogP contribution in [0.5, 0.6) is 0 Å². The number of halogens is 2. The Balaban J connectivity index is 1.72. The fraction of sp³-hybridized carbons (Fsp3) is 0.318. The van der Waals surface area contributed by atoms with Crippen LogP contribution in [0, 0.1) is 11.8 Å². The minimum absolute atomic E-state index is 0.105.